The second kappa shape index (κ2) is 7.97. The molecule has 2 rings (SSSR count). The number of nitrogens with one attached hydrogen (secondary N) is 2. The van der Waals surface area contributed by atoms with Crippen LogP contribution in [-0.2, 0) is 16.4 Å². The Morgan fingerprint density at radius 1 is 1.08 bits per heavy atom. The van der Waals surface area contributed by atoms with Crippen molar-refractivity contribution in [3.05, 3.63) is 65.2 Å². The lowest BCUT2D eigenvalue weighted by Gasteiger charge is -2.10. The molecule has 0 radical (unpaired) electrons. The smallest absolute Gasteiger partial charge is 0.251 e. The number of hydrogen-bond acceptors (Lipinski definition) is 3. The molecular weight excluding hydrogens is 324 g/mol. The van der Waals surface area contributed by atoms with E-state index in [1.165, 1.54) is 5.56 Å². The van der Waals surface area contributed by atoms with E-state index in [1.54, 1.807) is 25.1 Å². The Morgan fingerprint density at radius 2 is 1.79 bits per heavy atom. The minimum Gasteiger partial charge on any atom is -0.352 e. The van der Waals surface area contributed by atoms with Gasteiger partial charge in [0.15, 0.2) is 0 Å². The number of benzene rings is 2. The van der Waals surface area contributed by atoms with Crippen molar-refractivity contribution in [3.8, 4) is 0 Å². The van der Waals surface area contributed by atoms with Gasteiger partial charge in [0.05, 0.1) is 11.9 Å². The zero-order chi connectivity index (χ0) is 17.6. The maximum absolute atomic E-state index is 12.2. The molecule has 0 aliphatic rings. The Labute approximate surface area is 143 Å². The number of aryl methyl sites for hydroxylation is 2. The first-order valence-electron chi connectivity index (χ1n) is 7.76. The van der Waals surface area contributed by atoms with Crippen molar-refractivity contribution in [3.63, 3.8) is 0 Å². The van der Waals surface area contributed by atoms with Gasteiger partial charge in [-0.15, -0.1) is 0 Å². The predicted molar refractivity (Wildman–Crippen MR) is 96.7 cm³/mol. The lowest BCUT2D eigenvalue weighted by molar-refractivity contribution is 0.0953. The minimum atomic E-state index is -3.38. The molecule has 5 nitrogen and oxygen atoms in total. The van der Waals surface area contributed by atoms with Crippen LogP contribution in [0.25, 0.3) is 0 Å². The summed E-state index contributed by atoms with van der Waals surface area (Å²) in [7, 11) is -3.38. The van der Waals surface area contributed by atoms with Crippen LogP contribution in [0.1, 0.15) is 27.9 Å². The van der Waals surface area contributed by atoms with Gasteiger partial charge in [-0.2, -0.15) is 0 Å². The quantitative estimate of drug-likeness (QED) is 0.757. The van der Waals surface area contributed by atoms with E-state index >= 15 is 0 Å². The van der Waals surface area contributed by atoms with Crippen molar-refractivity contribution in [2.45, 2.75) is 19.8 Å². The van der Waals surface area contributed by atoms with E-state index < -0.39 is 10.0 Å². The van der Waals surface area contributed by atoms with Crippen LogP contribution in [0.2, 0.25) is 0 Å². The van der Waals surface area contributed by atoms with Gasteiger partial charge in [0.2, 0.25) is 10.0 Å². The third kappa shape index (κ3) is 5.70. The average Bonchev–Trinajstić information content (AvgIpc) is 2.53. The molecule has 0 bridgehead atoms. The van der Waals surface area contributed by atoms with E-state index in [2.05, 4.69) is 22.2 Å². The zero-order valence-corrected chi connectivity index (χ0v) is 14.7. The molecule has 0 saturated carbocycles. The summed E-state index contributed by atoms with van der Waals surface area (Å²) >= 11 is 0. The molecule has 0 heterocycles. The maximum atomic E-state index is 12.2. The molecule has 0 unspecified atom stereocenters. The molecule has 0 aliphatic carbocycles. The first-order chi connectivity index (χ1) is 11.3. The minimum absolute atomic E-state index is 0.209. The highest BCUT2D eigenvalue weighted by Gasteiger charge is 2.10. The molecule has 128 valence electrons. The third-order valence-corrected chi connectivity index (χ3v) is 4.16. The molecule has 0 aromatic heterocycles. The highest BCUT2D eigenvalue weighted by atomic mass is 32.2. The maximum Gasteiger partial charge on any atom is 0.251 e. The largest absolute Gasteiger partial charge is 0.352 e. The molecule has 0 fully saturated rings. The number of sulfonamides is 1. The molecule has 0 atom stereocenters. The Bertz CT molecular complexity index is 802. The molecule has 2 aromatic carbocycles. The predicted octanol–water partition coefficient (Wildman–Crippen LogP) is 2.73. The zero-order valence-electron chi connectivity index (χ0n) is 13.9. The summed E-state index contributed by atoms with van der Waals surface area (Å²) in [5.74, 6) is -0.209. The molecule has 0 aliphatic heterocycles. The summed E-state index contributed by atoms with van der Waals surface area (Å²) in [5, 5.41) is 2.86. The molecule has 2 N–H and O–H groups in total. The fraction of sp³-hybridized carbons (Fsp3) is 0.278. The van der Waals surface area contributed by atoms with Gasteiger partial charge in [-0.1, -0.05) is 36.4 Å². The number of rotatable bonds is 7. The Hall–Kier alpha value is -2.34. The Kier molecular flexibility index (Phi) is 5.98. The summed E-state index contributed by atoms with van der Waals surface area (Å²) in [4.78, 5) is 12.2. The van der Waals surface area contributed by atoms with Gasteiger partial charge in [0.25, 0.3) is 5.91 Å². The van der Waals surface area contributed by atoms with Crippen molar-refractivity contribution < 1.29 is 13.2 Å². The molecule has 0 spiro atoms. The monoisotopic (exact) mass is 346 g/mol. The first-order valence-corrected chi connectivity index (χ1v) is 9.65. The second-order valence-corrected chi connectivity index (χ2v) is 7.50. The molecule has 24 heavy (non-hydrogen) atoms. The van der Waals surface area contributed by atoms with Gasteiger partial charge in [0.1, 0.15) is 0 Å². The first kappa shape index (κ1) is 18.0. The summed E-state index contributed by atoms with van der Waals surface area (Å²) < 4.78 is 25.2. The van der Waals surface area contributed by atoms with Crippen LogP contribution in [0.15, 0.2) is 48.5 Å². The van der Waals surface area contributed by atoms with Gasteiger partial charge in [-0.25, -0.2) is 8.42 Å². The summed E-state index contributed by atoms with van der Waals surface area (Å²) in [6.45, 7) is 2.35. The topological polar surface area (TPSA) is 75.3 Å². The Balaban J connectivity index is 1.91. The van der Waals surface area contributed by atoms with E-state index in [9.17, 15) is 13.2 Å². The van der Waals surface area contributed by atoms with Crippen molar-refractivity contribution in [2.75, 3.05) is 17.5 Å². The lowest BCUT2D eigenvalue weighted by atomic mass is 10.1. The summed E-state index contributed by atoms with van der Waals surface area (Å²) in [6.07, 6.45) is 2.83. The fourth-order valence-electron chi connectivity index (χ4n) is 2.31. The van der Waals surface area contributed by atoms with Crippen LogP contribution < -0.4 is 10.0 Å². The SMILES string of the molecule is Cc1ccc(C(=O)NCCCc2ccccc2)cc1NS(C)(=O)=O. The van der Waals surface area contributed by atoms with Gasteiger partial charge in [-0.05, 0) is 43.0 Å². The number of amides is 1. The molecule has 0 saturated heterocycles. The summed E-state index contributed by atoms with van der Waals surface area (Å²) in [6, 6.07) is 15.1. The van der Waals surface area contributed by atoms with E-state index in [0.29, 0.717) is 17.8 Å². The highest BCUT2D eigenvalue weighted by Crippen LogP contribution is 2.18. The number of carbonyl (C=O) groups excluding carboxylic acids is 1. The molecule has 2 aromatic rings. The van der Waals surface area contributed by atoms with Crippen LogP contribution in [0, 0.1) is 6.92 Å². The van der Waals surface area contributed by atoms with Gasteiger partial charge < -0.3 is 5.32 Å². The van der Waals surface area contributed by atoms with Crippen LogP contribution in [0.4, 0.5) is 5.69 Å². The van der Waals surface area contributed by atoms with Gasteiger partial charge >= 0.3 is 0 Å². The number of hydrogen-bond donors (Lipinski definition) is 2. The van der Waals surface area contributed by atoms with Crippen LogP contribution in [-0.4, -0.2) is 27.1 Å². The van der Waals surface area contributed by atoms with Gasteiger partial charge in [-0.3, -0.25) is 9.52 Å². The average molecular weight is 346 g/mol. The number of anilines is 1. The van der Waals surface area contributed by atoms with Crippen molar-refractivity contribution in [1.82, 2.24) is 5.32 Å². The highest BCUT2D eigenvalue weighted by molar-refractivity contribution is 7.92. The summed E-state index contributed by atoms with van der Waals surface area (Å²) in [5.41, 5.74) is 2.86. The lowest BCUT2D eigenvalue weighted by Crippen LogP contribution is -2.25. The van der Waals surface area contributed by atoms with Crippen LogP contribution in [0.3, 0.4) is 0 Å². The van der Waals surface area contributed by atoms with E-state index in [-0.39, 0.29) is 5.91 Å². The normalized spacial score (nSPS) is 11.1. The van der Waals surface area contributed by atoms with E-state index in [0.717, 1.165) is 24.7 Å². The molecule has 1 amide bonds. The van der Waals surface area contributed by atoms with Crippen molar-refractivity contribution in [2.24, 2.45) is 0 Å². The Morgan fingerprint density at radius 3 is 2.46 bits per heavy atom. The van der Waals surface area contributed by atoms with Crippen molar-refractivity contribution in [1.29, 1.82) is 0 Å². The van der Waals surface area contributed by atoms with Crippen LogP contribution >= 0.6 is 0 Å². The number of carbonyl (C=O) groups is 1. The fourth-order valence-corrected chi connectivity index (χ4v) is 2.93. The van der Waals surface area contributed by atoms with E-state index in [1.807, 2.05) is 18.2 Å². The molecule has 6 heteroatoms. The van der Waals surface area contributed by atoms with Crippen LogP contribution in [0.5, 0.6) is 0 Å². The van der Waals surface area contributed by atoms with E-state index in [4.69, 9.17) is 0 Å². The molecular formula is C18H22N2O3S. The van der Waals surface area contributed by atoms with Gasteiger partial charge in [0, 0.05) is 12.1 Å². The van der Waals surface area contributed by atoms with Crippen molar-refractivity contribution >= 4 is 21.6 Å². The second-order valence-electron chi connectivity index (χ2n) is 5.75. The standard InChI is InChI=1S/C18H22N2O3S/c1-14-10-11-16(13-17(14)20-24(2,22)23)18(21)19-12-6-9-15-7-4-3-5-8-15/h3-5,7-8,10-11,13,20H,6,9,12H2,1-2H3,(H,19,21). The third-order valence-electron chi connectivity index (χ3n) is 3.57.